The minimum absolute atomic E-state index is 0.104. The van der Waals surface area contributed by atoms with E-state index in [0.29, 0.717) is 25.7 Å². The van der Waals surface area contributed by atoms with Crippen LogP contribution in [0.3, 0.4) is 0 Å². The number of rotatable bonds is 72. The SMILES string of the molecule is CCC(C)CCCCCCCCC(=O)OC[C@H](COP(=O)(O)OC[C@H](O)COP(=O)(O)OC[C@@H](COC(=O)CCCCCCCCCCCCCCCCCC(C)C)OC(=O)CCCCCCCCCCCCCC(C)C)OC(=O)CCCCCCCCCCCC(C)C. The number of unbranched alkanes of at least 4 members (excludes halogenated alkanes) is 37. The van der Waals surface area contributed by atoms with E-state index < -0.39 is 97.5 Å². The number of carbonyl (C=O) groups excluding carboxylic acids is 4. The number of aliphatic hydroxyl groups excluding tert-OH is 1. The molecule has 0 saturated heterocycles. The van der Waals surface area contributed by atoms with Crippen molar-refractivity contribution in [3.63, 3.8) is 0 Å². The first-order chi connectivity index (χ1) is 45.1. The highest BCUT2D eigenvalue weighted by Gasteiger charge is 2.30. The Balaban J connectivity index is 5.24. The van der Waals surface area contributed by atoms with Gasteiger partial charge in [-0.2, -0.15) is 0 Å². The molecular weight excluding hydrogens is 1230 g/mol. The number of carbonyl (C=O) groups is 4. The summed E-state index contributed by atoms with van der Waals surface area (Å²) >= 11 is 0. The molecule has 6 atom stereocenters. The van der Waals surface area contributed by atoms with Crippen molar-refractivity contribution in [2.45, 2.75) is 395 Å². The van der Waals surface area contributed by atoms with Crippen molar-refractivity contribution in [3.8, 4) is 0 Å². The predicted octanol–water partition coefficient (Wildman–Crippen LogP) is 21.7. The fourth-order valence-electron chi connectivity index (χ4n) is 11.3. The molecule has 0 rings (SSSR count). The largest absolute Gasteiger partial charge is 0.472 e. The predicted molar refractivity (Wildman–Crippen MR) is 381 cm³/mol. The van der Waals surface area contributed by atoms with Crippen LogP contribution in [-0.2, 0) is 65.4 Å². The molecule has 0 aliphatic carbocycles. The van der Waals surface area contributed by atoms with Gasteiger partial charge in [-0.15, -0.1) is 0 Å². The number of esters is 4. The van der Waals surface area contributed by atoms with Gasteiger partial charge in [0.2, 0.25) is 0 Å². The number of phosphoric ester groups is 2. The van der Waals surface area contributed by atoms with Crippen LogP contribution in [-0.4, -0.2) is 96.7 Å². The van der Waals surface area contributed by atoms with Crippen molar-refractivity contribution < 1.29 is 80.2 Å². The Bertz CT molecular complexity index is 1850. The maximum Gasteiger partial charge on any atom is 0.472 e. The Hall–Kier alpha value is -1.94. The van der Waals surface area contributed by atoms with E-state index in [9.17, 15) is 43.2 Å². The van der Waals surface area contributed by atoms with Gasteiger partial charge >= 0.3 is 39.5 Å². The smallest absolute Gasteiger partial charge is 0.462 e. The first-order valence-corrected chi connectivity index (χ1v) is 41.7. The summed E-state index contributed by atoms with van der Waals surface area (Å²) in [4.78, 5) is 72.8. The Morgan fingerprint density at radius 2 is 0.511 bits per heavy atom. The number of hydrogen-bond donors (Lipinski definition) is 3. The van der Waals surface area contributed by atoms with Gasteiger partial charge in [0, 0.05) is 25.7 Å². The molecule has 0 heterocycles. The molecule has 0 amide bonds. The monoisotopic (exact) mass is 1380 g/mol. The van der Waals surface area contributed by atoms with Crippen molar-refractivity contribution in [2.75, 3.05) is 39.6 Å². The molecule has 0 radical (unpaired) electrons. The third kappa shape index (κ3) is 67.3. The molecule has 0 aromatic carbocycles. The van der Waals surface area contributed by atoms with E-state index in [0.717, 1.165) is 120 Å². The minimum Gasteiger partial charge on any atom is -0.462 e. The topological polar surface area (TPSA) is 237 Å². The van der Waals surface area contributed by atoms with Crippen LogP contribution >= 0.6 is 15.6 Å². The lowest BCUT2D eigenvalue weighted by Crippen LogP contribution is -2.30. The zero-order valence-corrected chi connectivity index (χ0v) is 63.4. The Morgan fingerprint density at radius 3 is 0.755 bits per heavy atom. The molecule has 94 heavy (non-hydrogen) atoms. The summed E-state index contributed by atoms with van der Waals surface area (Å²) < 4.78 is 68.5. The zero-order chi connectivity index (χ0) is 69.6. The molecule has 17 nitrogen and oxygen atoms in total. The van der Waals surface area contributed by atoms with Gasteiger partial charge in [-0.05, 0) is 49.4 Å². The minimum atomic E-state index is -4.96. The Labute approximate surface area is 575 Å². The second kappa shape index (κ2) is 64.4. The van der Waals surface area contributed by atoms with Crippen LogP contribution in [0.1, 0.15) is 376 Å². The number of aliphatic hydroxyl groups is 1. The molecule has 0 aliphatic heterocycles. The third-order valence-corrected chi connectivity index (χ3v) is 19.6. The van der Waals surface area contributed by atoms with Crippen LogP contribution in [0.5, 0.6) is 0 Å². The molecule has 0 aromatic rings. The van der Waals surface area contributed by atoms with Crippen molar-refractivity contribution in [3.05, 3.63) is 0 Å². The lowest BCUT2D eigenvalue weighted by atomic mass is 10.00. The van der Waals surface area contributed by atoms with Gasteiger partial charge in [-0.25, -0.2) is 9.13 Å². The van der Waals surface area contributed by atoms with Crippen LogP contribution in [0.15, 0.2) is 0 Å². The zero-order valence-electron chi connectivity index (χ0n) is 61.6. The number of ether oxygens (including phenoxy) is 4. The number of phosphoric acid groups is 2. The second-order valence-corrected chi connectivity index (χ2v) is 31.6. The van der Waals surface area contributed by atoms with Crippen LogP contribution in [0.25, 0.3) is 0 Å². The van der Waals surface area contributed by atoms with E-state index in [1.807, 2.05) is 0 Å². The van der Waals surface area contributed by atoms with Gasteiger partial charge in [-0.1, -0.05) is 325 Å². The molecule has 0 aromatic heterocycles. The summed E-state index contributed by atoms with van der Waals surface area (Å²) in [7, 11) is -9.91. The van der Waals surface area contributed by atoms with E-state index in [4.69, 9.17) is 37.0 Å². The normalized spacial score (nSPS) is 14.4. The highest BCUT2D eigenvalue weighted by molar-refractivity contribution is 7.47. The van der Waals surface area contributed by atoms with Crippen LogP contribution in [0.4, 0.5) is 0 Å². The third-order valence-electron chi connectivity index (χ3n) is 17.7. The van der Waals surface area contributed by atoms with Crippen LogP contribution in [0, 0.1) is 23.7 Å². The van der Waals surface area contributed by atoms with Crippen molar-refractivity contribution >= 4 is 39.5 Å². The summed E-state index contributed by atoms with van der Waals surface area (Å²) in [6, 6.07) is 0. The fraction of sp³-hybridized carbons (Fsp3) is 0.947. The van der Waals surface area contributed by atoms with Crippen molar-refractivity contribution in [1.82, 2.24) is 0 Å². The van der Waals surface area contributed by atoms with Gasteiger partial charge in [0.05, 0.1) is 26.4 Å². The molecular formula is C75H146O17P2. The summed E-state index contributed by atoms with van der Waals surface area (Å²) in [6.45, 7) is 14.2. The lowest BCUT2D eigenvalue weighted by molar-refractivity contribution is -0.161. The molecule has 0 fully saturated rings. The first-order valence-electron chi connectivity index (χ1n) is 38.7. The average Bonchev–Trinajstić information content (AvgIpc) is 1.80. The molecule has 19 heteroatoms. The Morgan fingerprint density at radius 1 is 0.298 bits per heavy atom. The van der Waals surface area contributed by atoms with E-state index in [2.05, 4.69) is 55.4 Å². The average molecular weight is 1380 g/mol. The quantitative estimate of drug-likeness (QED) is 0.0222. The highest BCUT2D eigenvalue weighted by atomic mass is 31.2. The van der Waals surface area contributed by atoms with Gasteiger partial charge in [0.25, 0.3) is 0 Å². The van der Waals surface area contributed by atoms with Gasteiger partial charge in [0.1, 0.15) is 19.3 Å². The first kappa shape index (κ1) is 92.1. The standard InChI is InChI=1S/C75H146O17P2/c1-9-68(8)54-46-38-33-34-40-48-56-73(78)86-62-71(92-75(80)58-50-42-32-26-20-23-29-37-45-53-67(6)7)64-90-94(83,84)88-60-69(76)59-87-93(81,82)89-63-70(91-74(79)57-49-41-31-25-19-15-17-22-28-36-44-52-66(4)5)61-85-72(77)55-47-39-30-24-18-14-12-10-11-13-16-21-27-35-43-51-65(2)3/h65-71,76H,9-64H2,1-8H3,(H,81,82)(H,83,84)/t68?,69-,70-,71-/m1/s1. The fourth-order valence-corrected chi connectivity index (χ4v) is 12.9. The maximum atomic E-state index is 13.1. The summed E-state index contributed by atoms with van der Waals surface area (Å²) in [6.07, 6.45) is 48.6. The van der Waals surface area contributed by atoms with E-state index in [1.54, 1.807) is 0 Å². The van der Waals surface area contributed by atoms with Gasteiger partial charge in [-0.3, -0.25) is 37.3 Å². The molecule has 0 aliphatic rings. The van der Waals surface area contributed by atoms with E-state index in [1.165, 1.54) is 173 Å². The summed E-state index contributed by atoms with van der Waals surface area (Å²) in [5.74, 6) is 0.915. The molecule has 0 saturated carbocycles. The Kier molecular flexibility index (Phi) is 63.1. The molecule has 3 N–H and O–H groups in total. The van der Waals surface area contributed by atoms with E-state index in [-0.39, 0.29) is 25.7 Å². The molecule has 3 unspecified atom stereocenters. The van der Waals surface area contributed by atoms with Crippen LogP contribution in [0.2, 0.25) is 0 Å². The summed E-state index contributed by atoms with van der Waals surface area (Å²) in [5, 5.41) is 10.6. The van der Waals surface area contributed by atoms with Crippen molar-refractivity contribution in [1.29, 1.82) is 0 Å². The number of hydrogen-bond acceptors (Lipinski definition) is 15. The lowest BCUT2D eigenvalue weighted by Gasteiger charge is -2.21. The van der Waals surface area contributed by atoms with Gasteiger partial charge in [0.15, 0.2) is 12.2 Å². The van der Waals surface area contributed by atoms with Gasteiger partial charge < -0.3 is 33.8 Å². The van der Waals surface area contributed by atoms with Crippen molar-refractivity contribution in [2.24, 2.45) is 23.7 Å². The maximum absolute atomic E-state index is 13.1. The summed E-state index contributed by atoms with van der Waals surface area (Å²) in [5.41, 5.74) is 0. The van der Waals surface area contributed by atoms with Crippen LogP contribution < -0.4 is 0 Å². The molecule has 0 spiro atoms. The second-order valence-electron chi connectivity index (χ2n) is 28.7. The molecule has 558 valence electrons. The highest BCUT2D eigenvalue weighted by Crippen LogP contribution is 2.45. The van der Waals surface area contributed by atoms with E-state index >= 15 is 0 Å². The molecule has 0 bridgehead atoms.